The van der Waals surface area contributed by atoms with E-state index >= 15 is 0 Å². The molecule has 0 fully saturated rings. The average molecular weight is 381 g/mol. The number of nitrogens with one attached hydrogen (secondary N) is 1. The van der Waals surface area contributed by atoms with Crippen LogP contribution in [-0.2, 0) is 4.79 Å². The molecule has 1 N–H and O–H groups in total. The summed E-state index contributed by atoms with van der Waals surface area (Å²) in [7, 11) is 0. The Kier molecular flexibility index (Phi) is 5.89. The number of rotatable bonds is 6. The summed E-state index contributed by atoms with van der Waals surface area (Å²) in [6, 6.07) is 14.9. The van der Waals surface area contributed by atoms with Gasteiger partial charge in [-0.05, 0) is 55.5 Å². The van der Waals surface area contributed by atoms with Crippen molar-refractivity contribution in [1.82, 2.24) is 4.98 Å². The van der Waals surface area contributed by atoms with Gasteiger partial charge >= 0.3 is 0 Å². The second-order valence-corrected chi connectivity index (χ2v) is 6.55. The van der Waals surface area contributed by atoms with E-state index in [9.17, 15) is 14.4 Å². The molecule has 1 aromatic heterocycles. The van der Waals surface area contributed by atoms with Gasteiger partial charge in [0.1, 0.15) is 22.7 Å². The average Bonchev–Trinajstić information content (AvgIpc) is 2.67. The number of thioether (sulfide) groups is 1. The van der Waals surface area contributed by atoms with E-state index in [1.807, 2.05) is 25.1 Å². The van der Waals surface area contributed by atoms with E-state index in [2.05, 4.69) is 16.4 Å². The van der Waals surface area contributed by atoms with E-state index in [0.717, 1.165) is 16.7 Å². The first-order valence-corrected chi connectivity index (χ1v) is 9.23. The quantitative estimate of drug-likeness (QED) is 0.642. The van der Waals surface area contributed by atoms with Gasteiger partial charge in [0.25, 0.3) is 0 Å². The Morgan fingerprint density at radius 2 is 2.04 bits per heavy atom. The lowest BCUT2D eigenvalue weighted by molar-refractivity contribution is -0.113. The number of hydrogen-bond donors (Lipinski definition) is 1. The van der Waals surface area contributed by atoms with Crippen LogP contribution in [0.5, 0.6) is 5.75 Å². The smallest absolute Gasteiger partial charge is 0.234 e. The molecule has 0 aliphatic carbocycles. The molecule has 2 aromatic carbocycles. The monoisotopic (exact) mass is 381 g/mol. The number of nitrogens with zero attached hydrogens (tertiary/aromatic N) is 2. The summed E-state index contributed by atoms with van der Waals surface area (Å²) in [5, 5.41) is 13.4. The van der Waals surface area contributed by atoms with E-state index in [1.54, 1.807) is 6.07 Å². The highest BCUT2D eigenvalue weighted by molar-refractivity contribution is 8.00. The van der Waals surface area contributed by atoms with Crippen molar-refractivity contribution in [2.75, 3.05) is 17.7 Å². The topological polar surface area (TPSA) is 75.0 Å². The predicted molar refractivity (Wildman–Crippen MR) is 103 cm³/mol. The van der Waals surface area contributed by atoms with Crippen molar-refractivity contribution in [1.29, 1.82) is 5.26 Å². The summed E-state index contributed by atoms with van der Waals surface area (Å²) in [5.74, 6) is 0.175. The summed E-state index contributed by atoms with van der Waals surface area (Å²) < 4.78 is 18.4. The van der Waals surface area contributed by atoms with Crippen molar-refractivity contribution >= 4 is 34.3 Å². The standard InChI is InChI=1S/C20H16FN3O2S/c1-2-26-17-7-8-18-13(10-17)9-14(11-22)20(24-18)27-12-19(25)23-16-5-3-15(21)4-6-16/h3-10H,2,12H2,1H3,(H,23,25). The molecule has 5 nitrogen and oxygen atoms in total. The van der Waals surface area contributed by atoms with Crippen LogP contribution >= 0.6 is 11.8 Å². The van der Waals surface area contributed by atoms with Gasteiger partial charge in [-0.15, -0.1) is 0 Å². The Morgan fingerprint density at radius 1 is 1.26 bits per heavy atom. The third-order valence-corrected chi connectivity index (χ3v) is 4.64. The fourth-order valence-corrected chi connectivity index (χ4v) is 3.21. The van der Waals surface area contributed by atoms with Crippen molar-refractivity contribution in [2.24, 2.45) is 0 Å². The Hall–Kier alpha value is -3.11. The van der Waals surface area contributed by atoms with E-state index in [0.29, 0.717) is 22.9 Å². The third-order valence-electron chi connectivity index (χ3n) is 3.65. The molecule has 0 aliphatic rings. The number of pyridine rings is 1. The van der Waals surface area contributed by atoms with Gasteiger partial charge in [0, 0.05) is 11.1 Å². The number of amides is 1. The molecule has 0 bridgehead atoms. The number of hydrogen-bond acceptors (Lipinski definition) is 5. The zero-order chi connectivity index (χ0) is 19.2. The number of nitriles is 1. The molecule has 7 heteroatoms. The molecule has 3 rings (SSSR count). The Bertz CT molecular complexity index is 1020. The largest absolute Gasteiger partial charge is 0.494 e. The van der Waals surface area contributed by atoms with Crippen LogP contribution < -0.4 is 10.1 Å². The van der Waals surface area contributed by atoms with Crippen molar-refractivity contribution in [3.63, 3.8) is 0 Å². The Labute approximate surface area is 160 Å². The van der Waals surface area contributed by atoms with Crippen LogP contribution in [0.1, 0.15) is 12.5 Å². The van der Waals surface area contributed by atoms with Crippen molar-refractivity contribution in [2.45, 2.75) is 11.9 Å². The first kappa shape index (κ1) is 18.7. The van der Waals surface area contributed by atoms with Gasteiger partial charge in [-0.1, -0.05) is 11.8 Å². The molecule has 0 aliphatic heterocycles. The van der Waals surface area contributed by atoms with Crippen LogP contribution in [0.25, 0.3) is 10.9 Å². The molecule has 0 atom stereocenters. The lowest BCUT2D eigenvalue weighted by atomic mass is 10.1. The first-order chi connectivity index (χ1) is 13.1. The van der Waals surface area contributed by atoms with Crippen LogP contribution in [0.15, 0.2) is 53.6 Å². The van der Waals surface area contributed by atoms with Gasteiger partial charge < -0.3 is 10.1 Å². The van der Waals surface area contributed by atoms with Gasteiger partial charge in [-0.2, -0.15) is 5.26 Å². The van der Waals surface area contributed by atoms with Gasteiger partial charge in [-0.3, -0.25) is 4.79 Å². The number of aromatic nitrogens is 1. The second-order valence-electron chi connectivity index (χ2n) is 5.58. The van der Waals surface area contributed by atoms with Gasteiger partial charge in [0.2, 0.25) is 5.91 Å². The maximum atomic E-state index is 12.9. The molecule has 0 unspecified atom stereocenters. The molecular weight excluding hydrogens is 365 g/mol. The zero-order valence-electron chi connectivity index (χ0n) is 14.5. The predicted octanol–water partition coefficient (Wildman–Crippen LogP) is 4.38. The van der Waals surface area contributed by atoms with Crippen molar-refractivity contribution < 1.29 is 13.9 Å². The molecule has 0 radical (unpaired) electrons. The first-order valence-electron chi connectivity index (χ1n) is 8.25. The fourth-order valence-electron chi connectivity index (χ4n) is 2.45. The highest BCUT2D eigenvalue weighted by Crippen LogP contribution is 2.27. The number of halogens is 1. The van der Waals surface area contributed by atoms with Crippen LogP contribution in [0.2, 0.25) is 0 Å². The fraction of sp³-hybridized carbons (Fsp3) is 0.150. The summed E-state index contributed by atoms with van der Waals surface area (Å²) in [6.07, 6.45) is 0. The minimum atomic E-state index is -0.367. The molecule has 0 spiro atoms. The van der Waals surface area contributed by atoms with Crippen LogP contribution in [0, 0.1) is 17.1 Å². The van der Waals surface area contributed by atoms with E-state index < -0.39 is 0 Å². The lowest BCUT2D eigenvalue weighted by Crippen LogP contribution is -2.14. The van der Waals surface area contributed by atoms with Gasteiger partial charge in [0.15, 0.2) is 0 Å². The SMILES string of the molecule is CCOc1ccc2nc(SCC(=O)Nc3ccc(F)cc3)c(C#N)cc2c1. The Balaban J connectivity index is 1.73. The zero-order valence-corrected chi connectivity index (χ0v) is 15.3. The van der Waals surface area contributed by atoms with Crippen LogP contribution in [0.4, 0.5) is 10.1 Å². The summed E-state index contributed by atoms with van der Waals surface area (Å²) >= 11 is 1.18. The molecule has 27 heavy (non-hydrogen) atoms. The number of ether oxygens (including phenoxy) is 1. The lowest BCUT2D eigenvalue weighted by Gasteiger charge is -2.08. The van der Waals surface area contributed by atoms with Gasteiger partial charge in [0.05, 0.1) is 23.4 Å². The summed E-state index contributed by atoms with van der Waals surface area (Å²) in [5.41, 5.74) is 1.63. The number of carbonyl (C=O) groups excluding carboxylic acids is 1. The molecule has 0 saturated carbocycles. The van der Waals surface area contributed by atoms with Crippen molar-refractivity contribution in [3.8, 4) is 11.8 Å². The normalized spacial score (nSPS) is 10.4. The minimum absolute atomic E-state index is 0.0849. The number of benzene rings is 2. The second kappa shape index (κ2) is 8.52. The van der Waals surface area contributed by atoms with E-state index in [-0.39, 0.29) is 17.5 Å². The maximum Gasteiger partial charge on any atom is 0.234 e. The highest BCUT2D eigenvalue weighted by Gasteiger charge is 2.11. The minimum Gasteiger partial charge on any atom is -0.494 e. The summed E-state index contributed by atoms with van der Waals surface area (Å²) in [6.45, 7) is 2.46. The van der Waals surface area contributed by atoms with E-state index in [4.69, 9.17) is 4.74 Å². The molecule has 1 heterocycles. The Morgan fingerprint density at radius 3 is 2.74 bits per heavy atom. The molecule has 3 aromatic rings. The van der Waals surface area contributed by atoms with Crippen LogP contribution in [0.3, 0.4) is 0 Å². The molecule has 136 valence electrons. The summed E-state index contributed by atoms with van der Waals surface area (Å²) in [4.78, 5) is 16.6. The van der Waals surface area contributed by atoms with Gasteiger partial charge in [-0.25, -0.2) is 9.37 Å². The highest BCUT2D eigenvalue weighted by atomic mass is 32.2. The maximum absolute atomic E-state index is 12.9. The molecule has 0 saturated heterocycles. The van der Waals surface area contributed by atoms with E-state index in [1.165, 1.54) is 36.0 Å². The third kappa shape index (κ3) is 4.74. The molecule has 1 amide bonds. The molecular formula is C20H16FN3O2S. The van der Waals surface area contributed by atoms with Crippen molar-refractivity contribution in [3.05, 3.63) is 59.9 Å². The number of anilines is 1. The number of fused-ring (bicyclic) bond motifs is 1. The van der Waals surface area contributed by atoms with Crippen LogP contribution in [-0.4, -0.2) is 23.3 Å². The number of carbonyl (C=O) groups is 1.